The maximum absolute atomic E-state index is 12.1. The predicted octanol–water partition coefficient (Wildman–Crippen LogP) is 1.98. The molecule has 1 heterocycles. The van der Waals surface area contributed by atoms with Crippen molar-refractivity contribution in [3.63, 3.8) is 0 Å². The number of hydrogen-bond acceptors (Lipinski definition) is 3. The van der Waals surface area contributed by atoms with Crippen molar-refractivity contribution in [2.24, 2.45) is 0 Å². The van der Waals surface area contributed by atoms with Gasteiger partial charge in [0, 0.05) is 13.1 Å². The van der Waals surface area contributed by atoms with Gasteiger partial charge in [-0.2, -0.15) is 0 Å². The van der Waals surface area contributed by atoms with E-state index < -0.39 is 12.0 Å². The molecule has 6 nitrogen and oxygen atoms in total. The molecule has 2 rings (SSSR count). The number of urea groups is 1. The van der Waals surface area contributed by atoms with E-state index in [2.05, 4.69) is 5.32 Å². The van der Waals surface area contributed by atoms with Gasteiger partial charge in [0.05, 0.1) is 12.7 Å². The monoisotopic (exact) mass is 298 g/mol. The first-order valence-electron chi connectivity index (χ1n) is 8.07. The quantitative estimate of drug-likeness (QED) is 0.761. The number of nitrogens with one attached hydrogen (secondary N) is 1. The summed E-state index contributed by atoms with van der Waals surface area (Å²) >= 11 is 0. The van der Waals surface area contributed by atoms with Crippen LogP contribution in [0.3, 0.4) is 0 Å². The number of carboxylic acids is 1. The second-order valence-electron chi connectivity index (χ2n) is 5.91. The fourth-order valence-corrected chi connectivity index (χ4v) is 3.15. The molecule has 1 aliphatic heterocycles. The zero-order valence-corrected chi connectivity index (χ0v) is 12.6. The Morgan fingerprint density at radius 2 is 1.81 bits per heavy atom. The van der Waals surface area contributed by atoms with Crippen LogP contribution in [-0.4, -0.2) is 53.8 Å². The molecule has 2 N–H and O–H groups in total. The topological polar surface area (TPSA) is 78.9 Å². The van der Waals surface area contributed by atoms with Gasteiger partial charge in [-0.1, -0.05) is 19.3 Å². The number of carbonyl (C=O) groups is 2. The van der Waals surface area contributed by atoms with E-state index in [0.29, 0.717) is 32.2 Å². The zero-order chi connectivity index (χ0) is 15.1. The van der Waals surface area contributed by atoms with Crippen LogP contribution in [0.5, 0.6) is 0 Å². The fraction of sp³-hybridized carbons (Fsp3) is 0.867. The minimum atomic E-state index is -0.914. The smallest absolute Gasteiger partial charge is 0.326 e. The van der Waals surface area contributed by atoms with Crippen LogP contribution >= 0.6 is 0 Å². The summed E-state index contributed by atoms with van der Waals surface area (Å²) in [6.45, 7) is 1.46. The SMILES string of the molecule is O=C(O)C1CCCCN1C(=O)NCCOC1CCCCC1. The summed E-state index contributed by atoms with van der Waals surface area (Å²) in [5.41, 5.74) is 0. The second kappa shape index (κ2) is 8.22. The molecular formula is C15H26N2O4. The van der Waals surface area contributed by atoms with Crippen LogP contribution in [0.1, 0.15) is 51.4 Å². The van der Waals surface area contributed by atoms with Gasteiger partial charge in [-0.05, 0) is 32.1 Å². The van der Waals surface area contributed by atoms with Crippen LogP contribution in [0.2, 0.25) is 0 Å². The molecular weight excluding hydrogens is 272 g/mol. The van der Waals surface area contributed by atoms with E-state index >= 15 is 0 Å². The van der Waals surface area contributed by atoms with Gasteiger partial charge in [0.2, 0.25) is 0 Å². The first kappa shape index (κ1) is 16.1. The number of piperidine rings is 1. The number of amides is 2. The molecule has 0 spiro atoms. The number of ether oxygens (including phenoxy) is 1. The number of hydrogen-bond donors (Lipinski definition) is 2. The van der Waals surface area contributed by atoms with E-state index in [9.17, 15) is 9.59 Å². The molecule has 2 amide bonds. The summed E-state index contributed by atoms with van der Waals surface area (Å²) in [6.07, 6.45) is 8.58. The average Bonchev–Trinajstić information content (AvgIpc) is 2.52. The van der Waals surface area contributed by atoms with Crippen molar-refractivity contribution in [1.82, 2.24) is 10.2 Å². The molecule has 1 unspecified atom stereocenters. The van der Waals surface area contributed by atoms with Gasteiger partial charge in [0.15, 0.2) is 0 Å². The molecule has 0 radical (unpaired) electrons. The summed E-state index contributed by atoms with van der Waals surface area (Å²) in [6, 6.07) is -0.965. The number of carboxylic acid groups (broad SMARTS) is 1. The lowest BCUT2D eigenvalue weighted by Gasteiger charge is -2.33. The summed E-state index contributed by atoms with van der Waals surface area (Å²) in [4.78, 5) is 24.7. The van der Waals surface area contributed by atoms with Crippen LogP contribution in [-0.2, 0) is 9.53 Å². The van der Waals surface area contributed by atoms with Crippen LogP contribution in [0, 0.1) is 0 Å². The van der Waals surface area contributed by atoms with Gasteiger partial charge in [-0.3, -0.25) is 0 Å². The van der Waals surface area contributed by atoms with Crippen LogP contribution in [0.15, 0.2) is 0 Å². The summed E-state index contributed by atoms with van der Waals surface area (Å²) in [5.74, 6) is -0.914. The normalized spacial score (nSPS) is 23.8. The molecule has 1 aliphatic carbocycles. The van der Waals surface area contributed by atoms with Gasteiger partial charge < -0.3 is 20.1 Å². The van der Waals surface area contributed by atoms with Gasteiger partial charge in [-0.15, -0.1) is 0 Å². The summed E-state index contributed by atoms with van der Waals surface area (Å²) in [7, 11) is 0. The third-order valence-corrected chi connectivity index (χ3v) is 4.33. The summed E-state index contributed by atoms with van der Waals surface area (Å²) in [5, 5.41) is 11.9. The maximum atomic E-state index is 12.1. The number of aliphatic carboxylic acids is 1. The first-order chi connectivity index (χ1) is 10.2. The Morgan fingerprint density at radius 1 is 1.10 bits per heavy atom. The molecule has 0 aromatic heterocycles. The first-order valence-corrected chi connectivity index (χ1v) is 8.07. The molecule has 6 heteroatoms. The molecule has 21 heavy (non-hydrogen) atoms. The molecule has 120 valence electrons. The molecule has 1 saturated carbocycles. The summed E-state index contributed by atoms with van der Waals surface area (Å²) < 4.78 is 5.75. The van der Waals surface area contributed by atoms with E-state index in [1.165, 1.54) is 24.2 Å². The van der Waals surface area contributed by atoms with E-state index in [0.717, 1.165) is 25.7 Å². The van der Waals surface area contributed by atoms with E-state index in [1.54, 1.807) is 0 Å². The van der Waals surface area contributed by atoms with E-state index in [-0.39, 0.29) is 6.03 Å². The molecule has 0 aromatic rings. The lowest BCUT2D eigenvalue weighted by molar-refractivity contribution is -0.143. The second-order valence-corrected chi connectivity index (χ2v) is 5.91. The van der Waals surface area contributed by atoms with Crippen molar-refractivity contribution < 1.29 is 19.4 Å². The standard InChI is InChI=1S/C15H26N2O4/c18-14(19)13-8-4-5-10-17(13)15(20)16-9-11-21-12-6-2-1-3-7-12/h12-13H,1-11H2,(H,16,20)(H,18,19). The Morgan fingerprint density at radius 3 is 2.52 bits per heavy atom. The molecule has 0 aromatic carbocycles. The predicted molar refractivity (Wildman–Crippen MR) is 78.2 cm³/mol. The molecule has 1 saturated heterocycles. The average molecular weight is 298 g/mol. The lowest BCUT2D eigenvalue weighted by atomic mass is 9.98. The Bertz CT molecular complexity index is 356. The van der Waals surface area contributed by atoms with Crippen molar-refractivity contribution in [3.05, 3.63) is 0 Å². The third-order valence-electron chi connectivity index (χ3n) is 4.33. The van der Waals surface area contributed by atoms with Crippen LogP contribution < -0.4 is 5.32 Å². The van der Waals surface area contributed by atoms with Crippen molar-refractivity contribution in [1.29, 1.82) is 0 Å². The minimum absolute atomic E-state index is 0.283. The highest BCUT2D eigenvalue weighted by Crippen LogP contribution is 2.20. The number of carbonyl (C=O) groups excluding carboxylic acids is 1. The van der Waals surface area contributed by atoms with Gasteiger partial charge in [-0.25, -0.2) is 9.59 Å². The highest BCUT2D eigenvalue weighted by molar-refractivity contribution is 5.82. The van der Waals surface area contributed by atoms with E-state index in [1.807, 2.05) is 0 Å². The number of likely N-dealkylation sites (tertiary alicyclic amines) is 1. The highest BCUT2D eigenvalue weighted by atomic mass is 16.5. The highest BCUT2D eigenvalue weighted by Gasteiger charge is 2.31. The molecule has 2 aliphatic rings. The fourth-order valence-electron chi connectivity index (χ4n) is 3.15. The van der Waals surface area contributed by atoms with Crippen LogP contribution in [0.4, 0.5) is 4.79 Å². The zero-order valence-electron chi connectivity index (χ0n) is 12.6. The molecule has 2 fully saturated rings. The van der Waals surface area contributed by atoms with Crippen molar-refractivity contribution >= 4 is 12.0 Å². The van der Waals surface area contributed by atoms with E-state index in [4.69, 9.17) is 9.84 Å². The number of nitrogens with zero attached hydrogens (tertiary/aromatic N) is 1. The Labute approximate surface area is 125 Å². The van der Waals surface area contributed by atoms with Crippen molar-refractivity contribution in [3.8, 4) is 0 Å². The maximum Gasteiger partial charge on any atom is 0.326 e. The Balaban J connectivity index is 1.67. The van der Waals surface area contributed by atoms with Crippen molar-refractivity contribution in [2.75, 3.05) is 19.7 Å². The third kappa shape index (κ3) is 4.88. The van der Waals surface area contributed by atoms with Crippen molar-refractivity contribution in [2.45, 2.75) is 63.5 Å². The molecule has 0 bridgehead atoms. The van der Waals surface area contributed by atoms with Gasteiger partial charge >= 0.3 is 12.0 Å². The minimum Gasteiger partial charge on any atom is -0.480 e. The number of rotatable bonds is 5. The van der Waals surface area contributed by atoms with Crippen LogP contribution in [0.25, 0.3) is 0 Å². The Kier molecular flexibility index (Phi) is 6.29. The Hall–Kier alpha value is -1.30. The molecule has 1 atom stereocenters. The lowest BCUT2D eigenvalue weighted by Crippen LogP contribution is -2.52. The van der Waals surface area contributed by atoms with Gasteiger partial charge in [0.1, 0.15) is 6.04 Å². The largest absolute Gasteiger partial charge is 0.480 e. The van der Waals surface area contributed by atoms with Gasteiger partial charge in [0.25, 0.3) is 0 Å².